The van der Waals surface area contributed by atoms with Crippen LogP contribution in [0.3, 0.4) is 0 Å². The van der Waals surface area contributed by atoms with Crippen molar-refractivity contribution in [2.45, 2.75) is 13.5 Å². The summed E-state index contributed by atoms with van der Waals surface area (Å²) in [6, 6.07) is 7.19. The number of esters is 1. The number of halogens is 1. The van der Waals surface area contributed by atoms with Crippen molar-refractivity contribution >= 4 is 11.6 Å². The Kier molecular flexibility index (Phi) is 4.03. The minimum absolute atomic E-state index is 0.0623. The summed E-state index contributed by atoms with van der Waals surface area (Å²) in [6.07, 6.45) is 1.38. The van der Waals surface area contributed by atoms with E-state index < -0.39 is 23.0 Å². The zero-order valence-corrected chi connectivity index (χ0v) is 12.8. The number of hydrogen-bond acceptors (Lipinski definition) is 5. The normalized spacial score (nSPS) is 10.9. The molecule has 2 aromatic heterocycles. The van der Waals surface area contributed by atoms with Crippen molar-refractivity contribution in [1.82, 2.24) is 14.2 Å². The molecule has 8 heteroatoms. The van der Waals surface area contributed by atoms with E-state index in [2.05, 4.69) is 5.10 Å². The van der Waals surface area contributed by atoms with Gasteiger partial charge in [0.15, 0.2) is 5.56 Å². The monoisotopic (exact) mass is 331 g/mol. The van der Waals surface area contributed by atoms with Crippen molar-refractivity contribution < 1.29 is 19.0 Å². The Labute approximate surface area is 135 Å². The minimum Gasteiger partial charge on any atom is -0.494 e. The van der Waals surface area contributed by atoms with Gasteiger partial charge in [-0.2, -0.15) is 9.61 Å². The van der Waals surface area contributed by atoms with Crippen molar-refractivity contribution in [2.75, 3.05) is 6.61 Å². The maximum absolute atomic E-state index is 13.0. The molecular formula is C16H14FN3O4. The molecule has 0 bridgehead atoms. The lowest BCUT2D eigenvalue weighted by atomic mass is 10.2. The van der Waals surface area contributed by atoms with Gasteiger partial charge in [-0.25, -0.2) is 9.18 Å². The van der Waals surface area contributed by atoms with Gasteiger partial charge in [0.05, 0.1) is 19.3 Å². The van der Waals surface area contributed by atoms with E-state index in [-0.39, 0.29) is 19.0 Å². The van der Waals surface area contributed by atoms with Gasteiger partial charge >= 0.3 is 5.97 Å². The van der Waals surface area contributed by atoms with Crippen molar-refractivity contribution in [1.29, 1.82) is 0 Å². The molecule has 0 amide bonds. The van der Waals surface area contributed by atoms with Gasteiger partial charge in [-0.1, -0.05) is 12.1 Å². The Morgan fingerprint density at radius 1 is 1.29 bits per heavy atom. The number of rotatable bonds is 4. The molecule has 1 aromatic carbocycles. The SMILES string of the molecule is CCOC(=O)c1c(O)n(Cc2ccc(F)cc2)c2ccnn2c1=O. The van der Waals surface area contributed by atoms with E-state index in [1.54, 1.807) is 19.1 Å². The molecular weight excluding hydrogens is 317 g/mol. The van der Waals surface area contributed by atoms with Crippen LogP contribution in [0.5, 0.6) is 5.88 Å². The summed E-state index contributed by atoms with van der Waals surface area (Å²) in [5.74, 6) is -1.83. The Balaban J connectivity index is 2.19. The van der Waals surface area contributed by atoms with Gasteiger partial charge in [0, 0.05) is 6.07 Å². The Morgan fingerprint density at radius 3 is 2.67 bits per heavy atom. The van der Waals surface area contributed by atoms with E-state index in [4.69, 9.17) is 4.74 Å². The van der Waals surface area contributed by atoms with Gasteiger partial charge in [0.2, 0.25) is 5.88 Å². The van der Waals surface area contributed by atoms with Crippen LogP contribution in [-0.2, 0) is 11.3 Å². The molecule has 0 spiro atoms. The summed E-state index contributed by atoms with van der Waals surface area (Å²) < 4.78 is 20.2. The highest BCUT2D eigenvalue weighted by atomic mass is 19.1. The van der Waals surface area contributed by atoms with Crippen molar-refractivity contribution in [3.05, 3.63) is 63.8 Å². The second-order valence-corrected chi connectivity index (χ2v) is 5.04. The van der Waals surface area contributed by atoms with Crippen LogP contribution in [0.1, 0.15) is 22.8 Å². The van der Waals surface area contributed by atoms with Crippen molar-refractivity contribution in [3.8, 4) is 5.88 Å². The summed E-state index contributed by atoms with van der Waals surface area (Å²) in [5.41, 5.74) is -0.278. The number of carbonyl (C=O) groups is 1. The largest absolute Gasteiger partial charge is 0.494 e. The van der Waals surface area contributed by atoms with Crippen LogP contribution in [0.25, 0.3) is 5.65 Å². The molecule has 0 saturated heterocycles. The molecule has 0 aliphatic rings. The predicted octanol–water partition coefficient (Wildman–Crippen LogP) is 1.57. The quantitative estimate of drug-likeness (QED) is 0.733. The van der Waals surface area contributed by atoms with E-state index in [0.717, 1.165) is 4.52 Å². The first-order valence-electron chi connectivity index (χ1n) is 7.24. The number of aromatic hydroxyl groups is 1. The van der Waals surface area contributed by atoms with Gasteiger partial charge < -0.3 is 9.84 Å². The lowest BCUT2D eigenvalue weighted by Gasteiger charge is -2.14. The first-order chi connectivity index (χ1) is 11.5. The van der Waals surface area contributed by atoms with Crippen LogP contribution in [-0.4, -0.2) is 31.9 Å². The summed E-state index contributed by atoms with van der Waals surface area (Å²) in [4.78, 5) is 24.4. The third-order valence-corrected chi connectivity index (χ3v) is 3.52. The Hall–Kier alpha value is -3.16. The molecule has 124 valence electrons. The first kappa shape index (κ1) is 15.7. The maximum Gasteiger partial charge on any atom is 0.349 e. The molecule has 0 atom stereocenters. The molecule has 3 rings (SSSR count). The molecule has 0 saturated carbocycles. The first-order valence-corrected chi connectivity index (χ1v) is 7.24. The lowest BCUT2D eigenvalue weighted by molar-refractivity contribution is 0.0518. The fourth-order valence-corrected chi connectivity index (χ4v) is 2.41. The predicted molar refractivity (Wildman–Crippen MR) is 82.6 cm³/mol. The van der Waals surface area contributed by atoms with Crippen LogP contribution in [0, 0.1) is 5.82 Å². The molecule has 0 aliphatic carbocycles. The van der Waals surface area contributed by atoms with E-state index in [1.807, 2.05) is 0 Å². The molecule has 0 unspecified atom stereocenters. The highest BCUT2D eigenvalue weighted by Gasteiger charge is 2.24. The summed E-state index contributed by atoms with van der Waals surface area (Å²) in [7, 11) is 0. The fraction of sp³-hybridized carbons (Fsp3) is 0.188. The minimum atomic E-state index is -0.926. The topological polar surface area (TPSA) is 85.8 Å². The van der Waals surface area contributed by atoms with Gasteiger partial charge in [0.25, 0.3) is 5.56 Å². The summed E-state index contributed by atoms with van der Waals surface area (Å²) in [6.45, 7) is 1.78. The molecule has 2 heterocycles. The van der Waals surface area contributed by atoms with Gasteiger partial charge in [0.1, 0.15) is 11.5 Å². The molecule has 0 radical (unpaired) electrons. The maximum atomic E-state index is 13.0. The number of benzene rings is 1. The van der Waals surface area contributed by atoms with Crippen LogP contribution in [0.15, 0.2) is 41.3 Å². The Bertz CT molecular complexity index is 960. The molecule has 0 aliphatic heterocycles. The summed E-state index contributed by atoms with van der Waals surface area (Å²) in [5, 5.41) is 14.3. The van der Waals surface area contributed by atoms with Gasteiger partial charge in [-0.05, 0) is 24.6 Å². The number of fused-ring (bicyclic) bond motifs is 1. The Morgan fingerprint density at radius 2 is 2.00 bits per heavy atom. The molecule has 7 nitrogen and oxygen atoms in total. The molecule has 3 aromatic rings. The third kappa shape index (κ3) is 2.62. The highest BCUT2D eigenvalue weighted by Crippen LogP contribution is 2.20. The number of aromatic nitrogens is 3. The average Bonchev–Trinajstić information content (AvgIpc) is 3.03. The van der Waals surface area contributed by atoms with Crippen LogP contribution < -0.4 is 5.56 Å². The van der Waals surface area contributed by atoms with Crippen LogP contribution >= 0.6 is 0 Å². The smallest absolute Gasteiger partial charge is 0.349 e. The van der Waals surface area contributed by atoms with Crippen LogP contribution in [0.2, 0.25) is 0 Å². The second kappa shape index (κ2) is 6.15. The van der Waals surface area contributed by atoms with Crippen LogP contribution in [0.4, 0.5) is 4.39 Å². The zero-order chi connectivity index (χ0) is 17.3. The average molecular weight is 331 g/mol. The fourth-order valence-electron chi connectivity index (χ4n) is 2.41. The zero-order valence-electron chi connectivity index (χ0n) is 12.8. The van der Waals surface area contributed by atoms with E-state index >= 15 is 0 Å². The molecule has 1 N–H and O–H groups in total. The number of ether oxygens (including phenoxy) is 1. The lowest BCUT2D eigenvalue weighted by Crippen LogP contribution is -2.27. The number of nitrogens with zero attached hydrogens (tertiary/aromatic N) is 3. The molecule has 0 fully saturated rings. The van der Waals surface area contributed by atoms with Gasteiger partial charge in [-0.15, -0.1) is 0 Å². The third-order valence-electron chi connectivity index (χ3n) is 3.52. The van der Waals surface area contributed by atoms with Crippen molar-refractivity contribution in [3.63, 3.8) is 0 Å². The second-order valence-electron chi connectivity index (χ2n) is 5.04. The van der Waals surface area contributed by atoms with Gasteiger partial charge in [-0.3, -0.25) is 9.36 Å². The standard InChI is InChI=1S/C16H14FN3O4/c1-2-24-16(23)13-14(21)19(9-10-3-5-11(17)6-4-10)12-7-8-18-20(12)15(13)22/h3-8,21H,2,9H2,1H3. The van der Waals surface area contributed by atoms with E-state index in [0.29, 0.717) is 11.2 Å². The number of carbonyl (C=O) groups excluding carboxylic acids is 1. The summed E-state index contributed by atoms with van der Waals surface area (Å²) >= 11 is 0. The number of hydrogen-bond donors (Lipinski definition) is 1. The van der Waals surface area contributed by atoms with E-state index in [9.17, 15) is 19.1 Å². The van der Waals surface area contributed by atoms with Crippen molar-refractivity contribution in [2.24, 2.45) is 0 Å². The van der Waals surface area contributed by atoms with E-state index in [1.165, 1.54) is 29.0 Å². The highest BCUT2D eigenvalue weighted by molar-refractivity contribution is 5.91. The molecule has 24 heavy (non-hydrogen) atoms.